The Morgan fingerprint density at radius 2 is 0.822 bits per heavy atom. The van der Waals surface area contributed by atoms with Gasteiger partial charge in [0.1, 0.15) is 29.5 Å². The minimum atomic E-state index is -0.794. The molecule has 3 aliphatic rings. The first-order chi connectivity index (χ1) is 42.9. The summed E-state index contributed by atoms with van der Waals surface area (Å²) in [5.74, 6) is 0.534. The molecule has 0 radical (unpaired) electrons. The average Bonchev–Trinajstić information content (AvgIpc) is 2.03. The van der Waals surface area contributed by atoms with E-state index >= 15 is 0 Å². The maximum atomic E-state index is 12.2. The number of carbonyl (C=O) groups is 3. The number of aliphatic hydroxyl groups excluding tert-OH is 1. The topological polar surface area (TPSA) is 149 Å². The van der Waals surface area contributed by atoms with E-state index < -0.39 is 5.97 Å². The van der Waals surface area contributed by atoms with Gasteiger partial charge in [-0.05, 0) is 232 Å². The molecule has 90 heavy (non-hydrogen) atoms. The number of aliphatic carboxylic acids is 1. The lowest BCUT2D eigenvalue weighted by Gasteiger charge is -2.18. The largest absolute Gasteiger partial charge is 0.508 e. The number of thiophene rings is 3. The molecule has 0 bridgehead atoms. The summed E-state index contributed by atoms with van der Waals surface area (Å²) in [6, 6.07) is 53.0. The van der Waals surface area contributed by atoms with Gasteiger partial charge in [-0.3, -0.25) is 14.4 Å². The Morgan fingerprint density at radius 3 is 1.18 bits per heavy atom. The van der Waals surface area contributed by atoms with Gasteiger partial charge in [0, 0.05) is 62.1 Å². The third kappa shape index (κ3) is 18.8. The number of benzene rings is 6. The first-order valence-electron chi connectivity index (χ1n) is 30.0. The zero-order chi connectivity index (χ0) is 63.1. The van der Waals surface area contributed by atoms with E-state index in [0.29, 0.717) is 26.1 Å². The van der Waals surface area contributed by atoms with Crippen LogP contribution in [0.3, 0.4) is 0 Å². The van der Waals surface area contributed by atoms with Crippen LogP contribution >= 0.6 is 68.8 Å². The van der Waals surface area contributed by atoms with Crippen LogP contribution < -0.4 is 9.47 Å². The summed E-state index contributed by atoms with van der Waals surface area (Å²) >= 11 is 23.0. The number of aromatic hydroxyl groups is 1. The normalized spacial score (nSPS) is 15.9. The Hall–Kier alpha value is -6.94. The molecule has 16 heteroatoms. The predicted octanol–water partition coefficient (Wildman–Crippen LogP) is 20.0. The van der Waals surface area contributed by atoms with E-state index in [-0.39, 0.29) is 67.6 Å². The number of ether oxygens (including phenoxy) is 4. The number of carbonyl (C=O) groups excluding carboxylic acids is 2. The first kappa shape index (κ1) is 69.0. The Balaban J connectivity index is 0.000000162. The van der Waals surface area contributed by atoms with E-state index in [1.165, 1.54) is 47.3 Å². The maximum absolute atomic E-state index is 12.2. The molecule has 0 saturated heterocycles. The van der Waals surface area contributed by atoms with Crippen LogP contribution in [0.2, 0.25) is 15.1 Å². The van der Waals surface area contributed by atoms with Gasteiger partial charge < -0.3 is 34.3 Å². The van der Waals surface area contributed by atoms with Crippen molar-refractivity contribution in [2.24, 2.45) is 0 Å². The molecule has 6 unspecified atom stereocenters. The van der Waals surface area contributed by atoms with Gasteiger partial charge in [-0.15, -0.1) is 34.0 Å². The van der Waals surface area contributed by atoms with Crippen molar-refractivity contribution in [3.63, 3.8) is 0 Å². The standard InChI is InChI=1S/C25H25ClO3S.C23H21ClO3S.C16H18O3S.C9H9ClO.CH4/c1-3-28-25(27)15-22(24-13-4-16(2)30-24)17-5-9-20(10-6-17)29-23-12-7-18-14-19(26)8-11-21(18)23;1-14-2-11-22(28-14)20(13-23(25)26)15-3-7-18(8-4-15)27-21-10-5-16-12-17(24)6-9-19(16)21;1-3-19-16(18)10-14(15-9-4-11(2)20-15)12-5-7-13(17)8-6-12;10-7-2-3-8-6(5-7)1-4-9(8)11;/h4-6,8-11,13-14,22-23H,3,7,12,15H2,1-2H3;2-4,6-9,11-12,20-21H,5,10,13H2,1H3,(H,25,26);4-9,14,17H,3,10H2,1-2H3;2-3,5,9,11H,1,4H2;1H4. The van der Waals surface area contributed by atoms with Crippen LogP contribution in [0, 0.1) is 20.8 Å². The molecule has 6 atom stereocenters. The Bertz CT molecular complexity index is 3820. The van der Waals surface area contributed by atoms with Gasteiger partial charge in [0.2, 0.25) is 0 Å². The van der Waals surface area contributed by atoms with Crippen LogP contribution in [0.15, 0.2) is 164 Å². The number of aliphatic hydroxyl groups is 1. The minimum Gasteiger partial charge on any atom is -0.508 e. The van der Waals surface area contributed by atoms with Crippen molar-refractivity contribution in [1.29, 1.82) is 0 Å². The second kappa shape index (κ2) is 32.9. The third-order valence-electron chi connectivity index (χ3n) is 15.9. The number of esters is 2. The highest BCUT2D eigenvalue weighted by molar-refractivity contribution is 7.12. The Morgan fingerprint density at radius 1 is 0.478 bits per heavy atom. The summed E-state index contributed by atoms with van der Waals surface area (Å²) < 4.78 is 22.8. The van der Waals surface area contributed by atoms with Gasteiger partial charge >= 0.3 is 17.9 Å². The molecule has 0 aliphatic heterocycles. The number of carboxylic acid groups (broad SMARTS) is 1. The van der Waals surface area contributed by atoms with Crippen molar-refractivity contribution in [2.75, 3.05) is 13.2 Å². The monoisotopic (exact) mass is 1330 g/mol. The number of carboxylic acids is 1. The van der Waals surface area contributed by atoms with E-state index in [9.17, 15) is 29.7 Å². The van der Waals surface area contributed by atoms with Crippen molar-refractivity contribution in [2.45, 2.75) is 136 Å². The summed E-state index contributed by atoms with van der Waals surface area (Å²) in [4.78, 5) is 42.4. The van der Waals surface area contributed by atoms with Crippen LogP contribution in [-0.4, -0.2) is 46.4 Å². The Labute approximate surface area is 556 Å². The molecule has 0 amide bonds. The molecule has 472 valence electrons. The van der Waals surface area contributed by atoms with Crippen LogP contribution in [-0.2, 0) is 43.1 Å². The second-order valence-corrected chi connectivity index (χ2v) is 27.5. The van der Waals surface area contributed by atoms with Crippen molar-refractivity contribution < 1.29 is 48.7 Å². The average molecular weight is 1330 g/mol. The number of aryl methyl sites for hydroxylation is 6. The molecule has 10 nitrogen and oxygen atoms in total. The molecule has 3 aliphatic carbocycles. The van der Waals surface area contributed by atoms with E-state index in [0.717, 1.165) is 97.1 Å². The lowest BCUT2D eigenvalue weighted by molar-refractivity contribution is -0.144. The molecular weight excluding hydrogens is 1250 g/mol. The molecular formula is C74H77Cl3O10S3. The molecule has 0 fully saturated rings. The van der Waals surface area contributed by atoms with Gasteiger partial charge in [0.15, 0.2) is 0 Å². The molecule has 3 N–H and O–H groups in total. The number of phenolic OH excluding ortho intramolecular Hbond substituents is 1. The quantitative estimate of drug-likeness (QED) is 0.0709. The van der Waals surface area contributed by atoms with Gasteiger partial charge in [0.25, 0.3) is 0 Å². The van der Waals surface area contributed by atoms with Crippen LogP contribution in [0.5, 0.6) is 17.2 Å². The van der Waals surface area contributed by atoms with Crippen molar-refractivity contribution >= 4 is 86.7 Å². The molecule has 3 aromatic heterocycles. The van der Waals surface area contributed by atoms with E-state index in [1.54, 1.807) is 46.1 Å². The maximum Gasteiger partial charge on any atom is 0.306 e. The lowest BCUT2D eigenvalue weighted by Crippen LogP contribution is -2.11. The number of hydrogen-bond acceptors (Lipinski definition) is 12. The first-order valence-corrected chi connectivity index (χ1v) is 33.6. The third-order valence-corrected chi connectivity index (χ3v) is 19.9. The van der Waals surface area contributed by atoms with E-state index in [4.69, 9.17) is 53.8 Å². The minimum absolute atomic E-state index is 0. The molecule has 0 spiro atoms. The fraction of sp³-hybridized carbons (Fsp3) is 0.311. The number of fused-ring (bicyclic) bond motifs is 3. The van der Waals surface area contributed by atoms with Crippen molar-refractivity contribution in [1.82, 2.24) is 0 Å². The van der Waals surface area contributed by atoms with Gasteiger partial charge in [-0.1, -0.05) is 96.8 Å². The second-order valence-electron chi connectivity index (χ2n) is 22.2. The predicted molar refractivity (Wildman–Crippen MR) is 366 cm³/mol. The van der Waals surface area contributed by atoms with E-state index in [1.807, 2.05) is 137 Å². The highest BCUT2D eigenvalue weighted by Crippen LogP contribution is 2.41. The van der Waals surface area contributed by atoms with E-state index in [2.05, 4.69) is 49.4 Å². The van der Waals surface area contributed by atoms with Crippen LogP contribution in [0.4, 0.5) is 0 Å². The number of hydrogen-bond donors (Lipinski definition) is 3. The molecule has 0 saturated carbocycles. The molecule has 6 aromatic carbocycles. The van der Waals surface area contributed by atoms with Crippen molar-refractivity contribution in [3.05, 3.63) is 258 Å². The summed E-state index contributed by atoms with van der Waals surface area (Å²) in [6.07, 6.45) is 6.21. The fourth-order valence-corrected chi connectivity index (χ4v) is 15.1. The number of phenols is 1. The van der Waals surface area contributed by atoms with Crippen molar-refractivity contribution in [3.8, 4) is 17.2 Å². The zero-order valence-electron chi connectivity index (χ0n) is 50.4. The zero-order valence-corrected chi connectivity index (χ0v) is 55.1. The SMILES string of the molecule is C.CCOC(=O)CC(c1ccc(O)cc1)c1ccc(C)s1.CCOC(=O)CC(c1ccc(OC2CCc3cc(Cl)ccc32)cc1)c1ccc(C)s1.Cc1ccc(C(CC(=O)O)c2ccc(OC3CCc4cc(Cl)ccc43)cc2)s1.OC1CCc2cc(Cl)ccc21. The van der Waals surface area contributed by atoms with Gasteiger partial charge in [-0.25, -0.2) is 0 Å². The molecule has 9 aromatic rings. The lowest BCUT2D eigenvalue weighted by atomic mass is 9.94. The highest BCUT2D eigenvalue weighted by Gasteiger charge is 2.28. The summed E-state index contributed by atoms with van der Waals surface area (Å²) in [5.41, 5.74) is 10.3. The fourth-order valence-electron chi connectivity index (χ4n) is 11.5. The summed E-state index contributed by atoms with van der Waals surface area (Å²) in [6.45, 7) is 10.6. The van der Waals surface area contributed by atoms with Crippen LogP contribution in [0.1, 0.15) is 175 Å². The molecule has 3 heterocycles. The van der Waals surface area contributed by atoms with Crippen LogP contribution in [0.25, 0.3) is 0 Å². The smallest absolute Gasteiger partial charge is 0.306 e. The summed E-state index contributed by atoms with van der Waals surface area (Å²) in [5, 5.41) is 30.5. The number of halogens is 3. The Kier molecular flexibility index (Phi) is 25.2. The van der Waals surface area contributed by atoms with Gasteiger partial charge in [0.05, 0.1) is 38.6 Å². The van der Waals surface area contributed by atoms with Gasteiger partial charge in [-0.2, -0.15) is 0 Å². The summed E-state index contributed by atoms with van der Waals surface area (Å²) in [7, 11) is 0. The molecule has 12 rings (SSSR count). The number of rotatable bonds is 18. The highest BCUT2D eigenvalue weighted by atomic mass is 35.5.